The van der Waals surface area contributed by atoms with Gasteiger partial charge >= 0.3 is 5.97 Å². The molecule has 0 saturated heterocycles. The van der Waals surface area contributed by atoms with Crippen LogP contribution in [0.15, 0.2) is 11.8 Å². The summed E-state index contributed by atoms with van der Waals surface area (Å²) < 4.78 is 4.23. The average molecular weight is 143 g/mol. The Bertz CT molecular complexity index is 183. The first-order valence-corrected chi connectivity index (χ1v) is 2.64. The van der Waals surface area contributed by atoms with Crippen molar-refractivity contribution in [3.05, 3.63) is 11.8 Å². The zero-order valence-electron chi connectivity index (χ0n) is 5.88. The van der Waals surface area contributed by atoms with Crippen LogP contribution >= 0.6 is 0 Å². The number of carbonyl (C=O) groups excluding carboxylic acids is 2. The molecule has 0 aromatic heterocycles. The van der Waals surface area contributed by atoms with E-state index in [9.17, 15) is 9.59 Å². The van der Waals surface area contributed by atoms with Gasteiger partial charge in [-0.3, -0.25) is 4.79 Å². The molecule has 0 aromatic carbocycles. The van der Waals surface area contributed by atoms with Gasteiger partial charge in [0.15, 0.2) is 5.78 Å². The second-order valence-electron chi connectivity index (χ2n) is 1.70. The summed E-state index contributed by atoms with van der Waals surface area (Å²) in [6.45, 7) is 1.30. The Kier molecular flexibility index (Phi) is 3.17. The molecule has 0 radical (unpaired) electrons. The highest BCUT2D eigenvalue weighted by molar-refractivity contribution is 5.97. The molecule has 0 bridgehead atoms. The van der Waals surface area contributed by atoms with Crippen LogP contribution in [-0.2, 0) is 14.3 Å². The third kappa shape index (κ3) is 2.86. The van der Waals surface area contributed by atoms with E-state index in [2.05, 4.69) is 4.74 Å². The molecule has 0 rings (SSSR count). The average Bonchev–Trinajstić information content (AvgIpc) is 1.85. The Balaban J connectivity index is 4.19. The topological polar surface area (TPSA) is 69.4 Å². The summed E-state index contributed by atoms with van der Waals surface area (Å²) in [6, 6.07) is 0. The normalized spacial score (nSPS) is 10.8. The van der Waals surface area contributed by atoms with Gasteiger partial charge in [-0.2, -0.15) is 0 Å². The summed E-state index contributed by atoms with van der Waals surface area (Å²) in [4.78, 5) is 20.8. The predicted molar refractivity (Wildman–Crippen MR) is 35.0 cm³/mol. The molecule has 0 aromatic rings. The zero-order chi connectivity index (χ0) is 8.15. The number of ketones is 1. The highest BCUT2D eigenvalue weighted by atomic mass is 16.5. The number of esters is 1. The largest absolute Gasteiger partial charge is 0.464 e. The second kappa shape index (κ2) is 3.66. The summed E-state index contributed by atoms with van der Waals surface area (Å²) >= 11 is 0. The summed E-state index contributed by atoms with van der Waals surface area (Å²) in [7, 11) is 1.20. The van der Waals surface area contributed by atoms with Crippen LogP contribution in [-0.4, -0.2) is 18.9 Å². The van der Waals surface area contributed by atoms with Crippen LogP contribution in [0.2, 0.25) is 0 Å². The number of hydrogen-bond donors (Lipinski definition) is 1. The van der Waals surface area contributed by atoms with Crippen LogP contribution in [0.5, 0.6) is 0 Å². The molecule has 0 saturated carbocycles. The van der Waals surface area contributed by atoms with Gasteiger partial charge in [0.1, 0.15) is 5.70 Å². The lowest BCUT2D eigenvalue weighted by molar-refractivity contribution is -0.136. The fourth-order valence-electron chi connectivity index (χ4n) is 0.396. The molecule has 2 N–H and O–H groups in total. The van der Waals surface area contributed by atoms with Gasteiger partial charge in [-0.25, -0.2) is 4.79 Å². The first-order valence-electron chi connectivity index (χ1n) is 2.64. The lowest BCUT2D eigenvalue weighted by atomic mass is 10.3. The van der Waals surface area contributed by atoms with Gasteiger partial charge in [0, 0.05) is 6.08 Å². The van der Waals surface area contributed by atoms with Crippen molar-refractivity contribution < 1.29 is 14.3 Å². The van der Waals surface area contributed by atoms with E-state index in [4.69, 9.17) is 5.73 Å². The molecule has 0 atom stereocenters. The molecule has 4 heteroatoms. The zero-order valence-corrected chi connectivity index (χ0v) is 5.88. The highest BCUT2D eigenvalue weighted by Gasteiger charge is 2.03. The molecular formula is C6H9NO3. The van der Waals surface area contributed by atoms with E-state index in [0.29, 0.717) is 0 Å². The van der Waals surface area contributed by atoms with Gasteiger partial charge in [-0.05, 0) is 6.92 Å². The molecule has 0 fully saturated rings. The number of hydrogen-bond acceptors (Lipinski definition) is 4. The van der Waals surface area contributed by atoms with Gasteiger partial charge in [0.2, 0.25) is 0 Å². The number of nitrogens with two attached hydrogens (primary N) is 1. The van der Waals surface area contributed by atoms with Crippen molar-refractivity contribution in [2.24, 2.45) is 5.73 Å². The van der Waals surface area contributed by atoms with Crippen molar-refractivity contribution in [3.8, 4) is 0 Å². The Morgan fingerprint density at radius 2 is 2.00 bits per heavy atom. The van der Waals surface area contributed by atoms with E-state index in [0.717, 1.165) is 6.08 Å². The number of ether oxygens (including phenoxy) is 1. The Hall–Kier alpha value is -1.32. The third-order valence-electron chi connectivity index (χ3n) is 0.780. The van der Waals surface area contributed by atoms with Crippen LogP contribution in [0.4, 0.5) is 0 Å². The van der Waals surface area contributed by atoms with Gasteiger partial charge in [0.25, 0.3) is 0 Å². The minimum absolute atomic E-state index is 0.171. The fraction of sp³-hybridized carbons (Fsp3) is 0.333. The maximum Gasteiger partial charge on any atom is 0.354 e. The summed E-state index contributed by atoms with van der Waals surface area (Å²) in [5, 5.41) is 0. The van der Waals surface area contributed by atoms with Crippen LogP contribution < -0.4 is 5.73 Å². The fourth-order valence-corrected chi connectivity index (χ4v) is 0.396. The van der Waals surface area contributed by atoms with Crippen LogP contribution in [0.25, 0.3) is 0 Å². The van der Waals surface area contributed by atoms with Crippen LogP contribution in [0.3, 0.4) is 0 Å². The van der Waals surface area contributed by atoms with Crippen molar-refractivity contribution in [1.82, 2.24) is 0 Å². The van der Waals surface area contributed by atoms with E-state index >= 15 is 0 Å². The SMILES string of the molecule is COC(=O)/C(N)=C/C(C)=O. The molecule has 0 unspecified atom stereocenters. The van der Waals surface area contributed by atoms with Gasteiger partial charge in [-0.15, -0.1) is 0 Å². The van der Waals surface area contributed by atoms with E-state index in [1.54, 1.807) is 0 Å². The molecule has 4 nitrogen and oxygen atoms in total. The number of methoxy groups -OCH3 is 1. The molecule has 0 aliphatic heterocycles. The Morgan fingerprint density at radius 1 is 1.50 bits per heavy atom. The van der Waals surface area contributed by atoms with Crippen LogP contribution in [0.1, 0.15) is 6.92 Å². The molecule has 10 heavy (non-hydrogen) atoms. The minimum Gasteiger partial charge on any atom is -0.464 e. The second-order valence-corrected chi connectivity index (χ2v) is 1.70. The van der Waals surface area contributed by atoms with E-state index in [1.807, 2.05) is 0 Å². The van der Waals surface area contributed by atoms with Crippen molar-refractivity contribution in [2.45, 2.75) is 6.92 Å². The van der Waals surface area contributed by atoms with Crippen LogP contribution in [0, 0.1) is 0 Å². The molecule has 0 spiro atoms. The molecule has 0 heterocycles. The molecule has 0 amide bonds. The predicted octanol–water partition coefficient (Wildman–Crippen LogP) is -0.409. The standard InChI is InChI=1S/C6H9NO3/c1-4(8)3-5(7)6(9)10-2/h3H,7H2,1-2H3/b5-3-. The quantitative estimate of drug-likeness (QED) is 0.421. The Labute approximate surface area is 58.7 Å². The molecule has 0 aliphatic rings. The smallest absolute Gasteiger partial charge is 0.354 e. The monoisotopic (exact) mass is 143 g/mol. The first kappa shape index (κ1) is 8.68. The lowest BCUT2D eigenvalue weighted by Crippen LogP contribution is -2.13. The molecule has 0 aliphatic carbocycles. The maximum absolute atomic E-state index is 10.5. The number of rotatable bonds is 2. The highest BCUT2D eigenvalue weighted by Crippen LogP contribution is 1.87. The number of allylic oxidation sites excluding steroid dienone is 1. The summed E-state index contributed by atoms with van der Waals surface area (Å²) in [6.07, 6.45) is 1.02. The Morgan fingerprint density at radius 3 is 2.30 bits per heavy atom. The van der Waals surface area contributed by atoms with Crippen molar-refractivity contribution in [1.29, 1.82) is 0 Å². The van der Waals surface area contributed by atoms with Crippen molar-refractivity contribution in [2.75, 3.05) is 7.11 Å². The number of carbonyl (C=O) groups is 2. The lowest BCUT2D eigenvalue weighted by Gasteiger charge is -1.95. The van der Waals surface area contributed by atoms with Gasteiger partial charge in [0.05, 0.1) is 7.11 Å². The summed E-state index contributed by atoms with van der Waals surface area (Å²) in [5.74, 6) is -0.960. The summed E-state index contributed by atoms with van der Waals surface area (Å²) in [5.41, 5.74) is 4.92. The van der Waals surface area contributed by atoms with Crippen molar-refractivity contribution >= 4 is 11.8 Å². The third-order valence-corrected chi connectivity index (χ3v) is 0.780. The van der Waals surface area contributed by atoms with Gasteiger partial charge < -0.3 is 10.5 Å². The van der Waals surface area contributed by atoms with E-state index < -0.39 is 5.97 Å². The first-order chi connectivity index (χ1) is 4.57. The van der Waals surface area contributed by atoms with E-state index in [1.165, 1.54) is 14.0 Å². The minimum atomic E-state index is -0.685. The molecular weight excluding hydrogens is 134 g/mol. The van der Waals surface area contributed by atoms with Crippen molar-refractivity contribution in [3.63, 3.8) is 0 Å². The maximum atomic E-state index is 10.5. The van der Waals surface area contributed by atoms with E-state index in [-0.39, 0.29) is 11.5 Å². The van der Waals surface area contributed by atoms with Gasteiger partial charge in [-0.1, -0.05) is 0 Å². The molecule has 56 valence electrons.